The molecule has 0 saturated heterocycles. The van der Waals surface area contributed by atoms with Crippen LogP contribution < -0.4 is 0 Å². The van der Waals surface area contributed by atoms with Gasteiger partial charge in [0.25, 0.3) is 0 Å². The minimum Gasteiger partial charge on any atom is -0.390 e. The van der Waals surface area contributed by atoms with Crippen molar-refractivity contribution in [1.29, 1.82) is 0 Å². The SMILES string of the molecule is CCCCCCCCCCCCCCCCC(C)(OP(=O)(O)O)C(C)O. The van der Waals surface area contributed by atoms with Gasteiger partial charge in [-0.05, 0) is 20.3 Å². The lowest BCUT2D eigenvalue weighted by Crippen LogP contribution is -2.39. The maximum absolute atomic E-state index is 11.1. The molecule has 158 valence electrons. The van der Waals surface area contributed by atoms with Crippen LogP contribution in [0.2, 0.25) is 0 Å². The van der Waals surface area contributed by atoms with Crippen LogP contribution >= 0.6 is 7.82 Å². The molecule has 3 N–H and O–H groups in total. The lowest BCUT2D eigenvalue weighted by atomic mass is 9.93. The molecule has 5 nitrogen and oxygen atoms in total. The van der Waals surface area contributed by atoms with E-state index in [2.05, 4.69) is 6.92 Å². The van der Waals surface area contributed by atoms with Gasteiger partial charge in [-0.2, -0.15) is 0 Å². The fourth-order valence-electron chi connectivity index (χ4n) is 3.27. The molecule has 0 aliphatic rings. The summed E-state index contributed by atoms with van der Waals surface area (Å²) in [5, 5.41) is 9.77. The number of aliphatic hydroxyl groups excluding tert-OH is 1. The molecular formula is C20H43O5P. The molecule has 6 heteroatoms. The molecule has 0 heterocycles. The Morgan fingerprint density at radius 3 is 1.46 bits per heavy atom. The average Bonchev–Trinajstić information content (AvgIpc) is 2.53. The van der Waals surface area contributed by atoms with Crippen molar-refractivity contribution in [2.24, 2.45) is 0 Å². The number of hydrogen-bond acceptors (Lipinski definition) is 3. The number of hydrogen-bond donors (Lipinski definition) is 3. The van der Waals surface area contributed by atoms with Gasteiger partial charge in [-0.15, -0.1) is 0 Å². The van der Waals surface area contributed by atoms with E-state index in [0.29, 0.717) is 6.42 Å². The first kappa shape index (κ1) is 26.1. The van der Waals surface area contributed by atoms with E-state index in [-0.39, 0.29) is 0 Å². The van der Waals surface area contributed by atoms with Crippen LogP contribution in [0.5, 0.6) is 0 Å². The molecule has 0 aliphatic heterocycles. The predicted octanol–water partition coefficient (Wildman–Crippen LogP) is 6.11. The van der Waals surface area contributed by atoms with E-state index < -0.39 is 19.5 Å². The van der Waals surface area contributed by atoms with Crippen LogP contribution in [0.25, 0.3) is 0 Å². The minimum absolute atomic E-state index is 0.452. The first-order valence-electron chi connectivity index (χ1n) is 10.7. The van der Waals surface area contributed by atoms with Crippen LogP contribution in [0.15, 0.2) is 0 Å². The molecule has 2 atom stereocenters. The Morgan fingerprint density at radius 1 is 0.808 bits per heavy atom. The maximum Gasteiger partial charge on any atom is 0.470 e. The van der Waals surface area contributed by atoms with E-state index in [9.17, 15) is 9.67 Å². The Labute approximate surface area is 161 Å². The third-order valence-electron chi connectivity index (χ3n) is 5.24. The van der Waals surface area contributed by atoms with Crippen LogP contribution in [0.3, 0.4) is 0 Å². The Morgan fingerprint density at radius 2 is 1.15 bits per heavy atom. The molecule has 0 saturated carbocycles. The van der Waals surface area contributed by atoms with Gasteiger partial charge in [0, 0.05) is 0 Å². The summed E-state index contributed by atoms with van der Waals surface area (Å²) in [6.07, 6.45) is 17.2. The van der Waals surface area contributed by atoms with E-state index in [4.69, 9.17) is 14.3 Å². The molecule has 2 unspecified atom stereocenters. The molecule has 0 aromatic rings. The van der Waals surface area contributed by atoms with Crippen molar-refractivity contribution in [1.82, 2.24) is 0 Å². The standard InChI is InChI=1S/C20H43O5P/c1-4-5-6-7-8-9-10-11-12-13-14-15-16-17-18-20(3,19(2)21)25-26(22,23)24/h19,21H,4-18H2,1-3H3,(H2,22,23,24). The second-order valence-corrected chi connectivity index (χ2v) is 9.08. The highest BCUT2D eigenvalue weighted by Crippen LogP contribution is 2.44. The first-order chi connectivity index (χ1) is 12.2. The van der Waals surface area contributed by atoms with Crippen molar-refractivity contribution < 1.29 is 24.0 Å². The van der Waals surface area contributed by atoms with Gasteiger partial charge in [-0.1, -0.05) is 96.8 Å². The van der Waals surface area contributed by atoms with Crippen LogP contribution in [0, 0.1) is 0 Å². The number of phosphoric acid groups is 1. The smallest absolute Gasteiger partial charge is 0.390 e. The van der Waals surface area contributed by atoms with Gasteiger partial charge >= 0.3 is 7.82 Å². The summed E-state index contributed by atoms with van der Waals surface area (Å²) in [7, 11) is -4.59. The third kappa shape index (κ3) is 15.2. The van der Waals surface area contributed by atoms with Crippen molar-refractivity contribution in [2.45, 2.75) is 129 Å². The van der Waals surface area contributed by atoms with Gasteiger partial charge in [0.2, 0.25) is 0 Å². The molecule has 0 bridgehead atoms. The Balaban J connectivity index is 3.56. The lowest BCUT2D eigenvalue weighted by molar-refractivity contribution is -0.0546. The zero-order chi connectivity index (χ0) is 19.9. The highest BCUT2D eigenvalue weighted by Gasteiger charge is 2.37. The van der Waals surface area contributed by atoms with Crippen LogP contribution in [-0.4, -0.2) is 26.6 Å². The molecule has 0 aromatic heterocycles. The van der Waals surface area contributed by atoms with Crippen LogP contribution in [-0.2, 0) is 9.09 Å². The van der Waals surface area contributed by atoms with Crippen LogP contribution in [0.4, 0.5) is 0 Å². The van der Waals surface area contributed by atoms with E-state index in [1.807, 2.05) is 0 Å². The molecule has 0 rings (SSSR count). The number of phosphoric ester groups is 1. The number of aliphatic hydroxyl groups is 1. The van der Waals surface area contributed by atoms with Gasteiger partial charge in [0.1, 0.15) is 5.60 Å². The number of rotatable bonds is 18. The van der Waals surface area contributed by atoms with Gasteiger partial charge in [-0.3, -0.25) is 4.52 Å². The normalized spacial score (nSPS) is 15.8. The average molecular weight is 395 g/mol. The lowest BCUT2D eigenvalue weighted by Gasteiger charge is -2.32. The summed E-state index contributed by atoms with van der Waals surface area (Å²) in [5.74, 6) is 0. The van der Waals surface area contributed by atoms with Gasteiger partial charge in [0.15, 0.2) is 0 Å². The topological polar surface area (TPSA) is 87.0 Å². The monoisotopic (exact) mass is 394 g/mol. The quantitative estimate of drug-likeness (QED) is 0.193. The van der Waals surface area contributed by atoms with E-state index in [1.165, 1.54) is 77.6 Å². The largest absolute Gasteiger partial charge is 0.470 e. The number of unbranched alkanes of at least 4 members (excludes halogenated alkanes) is 13. The summed E-state index contributed by atoms with van der Waals surface area (Å²) >= 11 is 0. The van der Waals surface area contributed by atoms with E-state index in [0.717, 1.165) is 19.3 Å². The summed E-state index contributed by atoms with van der Waals surface area (Å²) < 4.78 is 15.9. The van der Waals surface area contributed by atoms with Crippen molar-refractivity contribution in [3.05, 3.63) is 0 Å². The second-order valence-electron chi connectivity index (χ2n) is 7.92. The fourth-order valence-corrected chi connectivity index (χ4v) is 4.06. The fraction of sp³-hybridized carbons (Fsp3) is 1.00. The Bertz CT molecular complexity index is 369. The van der Waals surface area contributed by atoms with Crippen molar-refractivity contribution in [2.75, 3.05) is 0 Å². The Kier molecular flexibility index (Phi) is 15.1. The molecular weight excluding hydrogens is 351 g/mol. The molecule has 0 aliphatic carbocycles. The third-order valence-corrected chi connectivity index (χ3v) is 5.89. The summed E-state index contributed by atoms with van der Waals surface area (Å²) in [5.41, 5.74) is -1.18. The van der Waals surface area contributed by atoms with Crippen molar-refractivity contribution in [3.8, 4) is 0 Å². The predicted molar refractivity (Wildman–Crippen MR) is 108 cm³/mol. The zero-order valence-electron chi connectivity index (χ0n) is 17.3. The molecule has 0 radical (unpaired) electrons. The van der Waals surface area contributed by atoms with Gasteiger partial charge in [0.05, 0.1) is 6.10 Å². The Hall–Kier alpha value is 0.0700. The molecule has 26 heavy (non-hydrogen) atoms. The van der Waals surface area contributed by atoms with E-state index >= 15 is 0 Å². The summed E-state index contributed by atoms with van der Waals surface area (Å²) in [6.45, 7) is 5.33. The molecule has 0 amide bonds. The van der Waals surface area contributed by atoms with Crippen molar-refractivity contribution >= 4 is 7.82 Å². The molecule has 0 fully saturated rings. The maximum atomic E-state index is 11.1. The molecule has 0 aromatic carbocycles. The van der Waals surface area contributed by atoms with Gasteiger partial charge in [-0.25, -0.2) is 4.57 Å². The van der Waals surface area contributed by atoms with Crippen molar-refractivity contribution in [3.63, 3.8) is 0 Å². The highest BCUT2D eigenvalue weighted by molar-refractivity contribution is 7.46. The van der Waals surface area contributed by atoms with Crippen LogP contribution in [0.1, 0.15) is 117 Å². The first-order valence-corrected chi connectivity index (χ1v) is 12.2. The second kappa shape index (κ2) is 15.0. The minimum atomic E-state index is -4.59. The molecule has 0 spiro atoms. The zero-order valence-corrected chi connectivity index (χ0v) is 18.2. The highest BCUT2D eigenvalue weighted by atomic mass is 31.2. The van der Waals surface area contributed by atoms with Gasteiger partial charge < -0.3 is 14.9 Å². The summed E-state index contributed by atoms with van der Waals surface area (Å²) in [4.78, 5) is 18.0. The summed E-state index contributed by atoms with van der Waals surface area (Å²) in [6, 6.07) is 0. The van der Waals surface area contributed by atoms with E-state index in [1.54, 1.807) is 6.92 Å².